The van der Waals surface area contributed by atoms with Crippen LogP contribution in [0.15, 0.2) is 35.1 Å². The van der Waals surface area contributed by atoms with Gasteiger partial charge in [0.15, 0.2) is 0 Å². The second-order valence-corrected chi connectivity index (χ2v) is 5.90. The quantitative estimate of drug-likeness (QED) is 0.848. The summed E-state index contributed by atoms with van der Waals surface area (Å²) < 4.78 is 18.6. The van der Waals surface area contributed by atoms with Gasteiger partial charge in [-0.25, -0.2) is 4.39 Å². The molecule has 3 rings (SSSR count). The molecule has 24 heavy (non-hydrogen) atoms. The van der Waals surface area contributed by atoms with E-state index < -0.39 is 11.7 Å². The molecule has 1 aromatic carbocycles. The van der Waals surface area contributed by atoms with Crippen molar-refractivity contribution >= 4 is 23.4 Å². The number of hydrogen-bond acceptors (Lipinski definition) is 4. The molecule has 2 heterocycles. The third kappa shape index (κ3) is 3.56. The Hall–Kier alpha value is -2.41. The largest absolute Gasteiger partial charge is 0.364 e. The lowest BCUT2D eigenvalue weighted by Crippen LogP contribution is -2.51. The van der Waals surface area contributed by atoms with Crippen LogP contribution in [0.4, 0.5) is 4.39 Å². The molecule has 1 aliphatic rings. The van der Waals surface area contributed by atoms with E-state index in [9.17, 15) is 14.0 Å². The highest BCUT2D eigenvalue weighted by molar-refractivity contribution is 6.30. The van der Waals surface area contributed by atoms with Crippen molar-refractivity contribution in [2.45, 2.75) is 6.42 Å². The minimum atomic E-state index is -0.642. The molecule has 1 saturated heterocycles. The summed E-state index contributed by atoms with van der Waals surface area (Å²) in [5.41, 5.74) is 0.559. The molecule has 0 saturated carbocycles. The van der Waals surface area contributed by atoms with Crippen LogP contribution in [-0.2, 0) is 11.2 Å². The highest BCUT2D eigenvalue weighted by atomic mass is 35.5. The van der Waals surface area contributed by atoms with Crippen molar-refractivity contribution in [1.82, 2.24) is 15.0 Å². The normalized spacial score (nSPS) is 14.8. The molecule has 8 heteroatoms. The maximum Gasteiger partial charge on any atom is 0.256 e. The first-order valence-electron chi connectivity index (χ1n) is 7.46. The van der Waals surface area contributed by atoms with Gasteiger partial charge in [0.2, 0.25) is 5.91 Å². The fourth-order valence-electron chi connectivity index (χ4n) is 2.59. The topological polar surface area (TPSA) is 66.7 Å². The zero-order chi connectivity index (χ0) is 17.1. The van der Waals surface area contributed by atoms with Gasteiger partial charge in [0, 0.05) is 37.3 Å². The number of amides is 2. The summed E-state index contributed by atoms with van der Waals surface area (Å²) in [5, 5.41) is 3.95. The number of rotatable bonds is 3. The van der Waals surface area contributed by atoms with Crippen molar-refractivity contribution in [3.05, 3.63) is 52.6 Å². The molecule has 1 aliphatic heterocycles. The van der Waals surface area contributed by atoms with E-state index in [1.807, 2.05) is 0 Å². The minimum Gasteiger partial charge on any atom is -0.364 e. The second-order valence-electron chi connectivity index (χ2n) is 5.46. The van der Waals surface area contributed by atoms with E-state index in [1.54, 1.807) is 11.0 Å². The second kappa shape index (κ2) is 7.00. The Kier molecular flexibility index (Phi) is 4.80. The Balaban J connectivity index is 1.58. The zero-order valence-electron chi connectivity index (χ0n) is 12.7. The van der Waals surface area contributed by atoms with Gasteiger partial charge in [-0.3, -0.25) is 9.59 Å². The number of aromatic nitrogens is 1. The van der Waals surface area contributed by atoms with Crippen LogP contribution in [0.1, 0.15) is 16.1 Å². The van der Waals surface area contributed by atoms with E-state index in [1.165, 1.54) is 23.3 Å². The minimum absolute atomic E-state index is 0.0122. The lowest BCUT2D eigenvalue weighted by atomic mass is 10.1. The Morgan fingerprint density at radius 1 is 1.17 bits per heavy atom. The average molecular weight is 352 g/mol. The van der Waals surface area contributed by atoms with Gasteiger partial charge in [0.25, 0.3) is 5.91 Å². The van der Waals surface area contributed by atoms with Crippen molar-refractivity contribution in [2.24, 2.45) is 0 Å². The Bertz CT molecular complexity index is 743. The fraction of sp³-hybridized carbons (Fsp3) is 0.312. The summed E-state index contributed by atoms with van der Waals surface area (Å²) in [6, 6.07) is 5.62. The standard InChI is InChI=1S/C16H15ClFN3O3/c17-11-1-2-13(14(18)9-11)16(23)21-6-4-20(5-7-21)15(22)10-12-3-8-24-19-12/h1-3,8-9H,4-7,10H2. The highest BCUT2D eigenvalue weighted by Gasteiger charge is 2.26. The summed E-state index contributed by atoms with van der Waals surface area (Å²) >= 11 is 5.70. The Morgan fingerprint density at radius 3 is 2.50 bits per heavy atom. The van der Waals surface area contributed by atoms with Crippen LogP contribution >= 0.6 is 11.6 Å². The van der Waals surface area contributed by atoms with Crippen LogP contribution in [0.25, 0.3) is 0 Å². The summed E-state index contributed by atoms with van der Waals surface area (Å²) in [6.07, 6.45) is 1.58. The van der Waals surface area contributed by atoms with Crippen molar-refractivity contribution in [3.8, 4) is 0 Å². The van der Waals surface area contributed by atoms with E-state index >= 15 is 0 Å². The van der Waals surface area contributed by atoms with Crippen LogP contribution in [0.3, 0.4) is 0 Å². The SMILES string of the molecule is O=C(Cc1ccon1)N1CCN(C(=O)c2ccc(Cl)cc2F)CC1. The molecule has 2 amide bonds. The molecule has 6 nitrogen and oxygen atoms in total. The van der Waals surface area contributed by atoms with Crippen molar-refractivity contribution in [3.63, 3.8) is 0 Å². The zero-order valence-corrected chi connectivity index (χ0v) is 13.5. The van der Waals surface area contributed by atoms with Gasteiger partial charge in [0.1, 0.15) is 12.1 Å². The smallest absolute Gasteiger partial charge is 0.256 e. The van der Waals surface area contributed by atoms with Crippen LogP contribution in [0, 0.1) is 5.82 Å². The number of carbonyl (C=O) groups is 2. The number of halogens is 2. The summed E-state index contributed by atoms with van der Waals surface area (Å²) in [7, 11) is 0. The Morgan fingerprint density at radius 2 is 1.88 bits per heavy atom. The van der Waals surface area contributed by atoms with Gasteiger partial charge in [-0.05, 0) is 18.2 Å². The lowest BCUT2D eigenvalue weighted by molar-refractivity contribution is -0.132. The fourth-order valence-corrected chi connectivity index (χ4v) is 2.75. The first-order chi connectivity index (χ1) is 11.5. The van der Waals surface area contributed by atoms with Crippen LogP contribution in [-0.4, -0.2) is 52.9 Å². The lowest BCUT2D eigenvalue weighted by Gasteiger charge is -2.34. The van der Waals surface area contributed by atoms with Gasteiger partial charge in [-0.2, -0.15) is 0 Å². The van der Waals surface area contributed by atoms with Gasteiger partial charge in [-0.15, -0.1) is 0 Å². The van der Waals surface area contributed by atoms with Gasteiger partial charge >= 0.3 is 0 Å². The molecule has 0 aliphatic carbocycles. The van der Waals surface area contributed by atoms with Gasteiger partial charge in [0.05, 0.1) is 17.7 Å². The predicted molar refractivity (Wildman–Crippen MR) is 84.1 cm³/mol. The summed E-state index contributed by atoms with van der Waals surface area (Å²) in [5.74, 6) is -1.11. The molecule has 0 N–H and O–H groups in total. The summed E-state index contributed by atoms with van der Waals surface area (Å²) in [6.45, 7) is 1.51. The van der Waals surface area contributed by atoms with E-state index in [2.05, 4.69) is 5.16 Å². The van der Waals surface area contributed by atoms with Gasteiger partial charge in [-0.1, -0.05) is 16.8 Å². The molecule has 0 atom stereocenters. The number of benzene rings is 1. The van der Waals surface area contributed by atoms with E-state index in [0.717, 1.165) is 6.07 Å². The Labute approximate surface area is 142 Å². The maximum atomic E-state index is 13.9. The first-order valence-corrected chi connectivity index (χ1v) is 7.84. The number of hydrogen-bond donors (Lipinski definition) is 0. The monoisotopic (exact) mass is 351 g/mol. The third-order valence-corrected chi connectivity index (χ3v) is 4.14. The first kappa shape index (κ1) is 16.4. The average Bonchev–Trinajstić information content (AvgIpc) is 3.07. The molecular weight excluding hydrogens is 337 g/mol. The summed E-state index contributed by atoms with van der Waals surface area (Å²) in [4.78, 5) is 27.7. The number of carbonyl (C=O) groups excluding carboxylic acids is 2. The number of nitrogens with zero attached hydrogens (tertiary/aromatic N) is 3. The molecule has 126 valence electrons. The van der Waals surface area contributed by atoms with Crippen molar-refractivity contribution < 1.29 is 18.5 Å². The van der Waals surface area contributed by atoms with Crippen LogP contribution < -0.4 is 0 Å². The molecule has 0 spiro atoms. The molecule has 0 unspecified atom stereocenters. The van der Waals surface area contributed by atoms with Crippen LogP contribution in [0.2, 0.25) is 5.02 Å². The van der Waals surface area contributed by atoms with E-state index in [4.69, 9.17) is 16.1 Å². The van der Waals surface area contributed by atoms with Gasteiger partial charge < -0.3 is 14.3 Å². The molecular formula is C16H15ClFN3O3. The molecule has 2 aromatic rings. The molecule has 0 bridgehead atoms. The maximum absolute atomic E-state index is 13.9. The van der Waals surface area contributed by atoms with Crippen molar-refractivity contribution in [1.29, 1.82) is 0 Å². The van der Waals surface area contributed by atoms with Crippen molar-refractivity contribution in [2.75, 3.05) is 26.2 Å². The van der Waals surface area contributed by atoms with Crippen LogP contribution in [0.5, 0.6) is 0 Å². The molecule has 1 aromatic heterocycles. The molecule has 1 fully saturated rings. The molecule has 0 radical (unpaired) electrons. The van der Waals surface area contributed by atoms with E-state index in [-0.39, 0.29) is 22.9 Å². The van der Waals surface area contributed by atoms with E-state index in [0.29, 0.717) is 31.9 Å². The number of piperazine rings is 1. The highest BCUT2D eigenvalue weighted by Crippen LogP contribution is 2.17. The predicted octanol–water partition coefficient (Wildman–Crippen LogP) is 1.99. The third-order valence-electron chi connectivity index (χ3n) is 3.90.